The van der Waals surface area contributed by atoms with Crippen molar-refractivity contribution in [1.29, 1.82) is 5.26 Å². The van der Waals surface area contributed by atoms with Crippen LogP contribution in [0.4, 0.5) is 0 Å². The number of hydrogen-bond acceptors (Lipinski definition) is 4. The van der Waals surface area contributed by atoms with Crippen LogP contribution in [0.3, 0.4) is 0 Å². The number of hydrogen-bond donors (Lipinski definition) is 0. The fourth-order valence-corrected chi connectivity index (χ4v) is 15.9. The van der Waals surface area contributed by atoms with Crippen molar-refractivity contribution in [1.82, 2.24) is 24.1 Å². The van der Waals surface area contributed by atoms with E-state index in [4.69, 9.17) is 15.0 Å². The molecule has 0 aliphatic heterocycles. The summed E-state index contributed by atoms with van der Waals surface area (Å²) in [7, 11) is -2.90. The smallest absolute Gasteiger partial charge is 0.238 e. The number of nitriles is 1. The van der Waals surface area contributed by atoms with E-state index in [-0.39, 0.29) is 10.8 Å². The highest BCUT2D eigenvalue weighted by molar-refractivity contribution is 7.19. The minimum atomic E-state index is -2.90. The van der Waals surface area contributed by atoms with Gasteiger partial charge in [0.25, 0.3) is 0 Å². The summed E-state index contributed by atoms with van der Waals surface area (Å²) in [6.07, 6.45) is 0. The van der Waals surface area contributed by atoms with Crippen LogP contribution >= 0.6 is 0 Å². The first kappa shape index (κ1) is 45.4. The first-order chi connectivity index (χ1) is 35.4. The molecule has 3 heterocycles. The van der Waals surface area contributed by atoms with Gasteiger partial charge in [-0.05, 0) is 91.2 Å². The van der Waals surface area contributed by atoms with Crippen LogP contribution in [0.25, 0.3) is 78.0 Å². The average Bonchev–Trinajstić information content (AvgIpc) is 3.94. The number of nitrogens with zero attached hydrogens (tertiary/aromatic N) is 6. The maximum absolute atomic E-state index is 10.2. The van der Waals surface area contributed by atoms with Gasteiger partial charge < -0.3 is 4.57 Å². The zero-order valence-corrected chi connectivity index (χ0v) is 43.0. The molecular formula is C66H54N6Si. The average molecular weight is 959 g/mol. The van der Waals surface area contributed by atoms with Crippen LogP contribution in [-0.4, -0.2) is 32.2 Å². The van der Waals surface area contributed by atoms with E-state index in [0.29, 0.717) is 23.2 Å². The molecule has 0 spiro atoms. The maximum Gasteiger partial charge on any atom is 0.238 e. The van der Waals surface area contributed by atoms with Crippen LogP contribution in [-0.2, 0) is 10.8 Å². The predicted octanol–water partition coefficient (Wildman–Crippen LogP) is 13.2. The lowest BCUT2D eigenvalue weighted by atomic mass is 9.79. The number of benzene rings is 9. The molecule has 9 aromatic carbocycles. The van der Waals surface area contributed by atoms with Crippen LogP contribution in [0.2, 0.25) is 0 Å². The monoisotopic (exact) mass is 958 g/mol. The quantitative estimate of drug-likeness (QED) is 0.112. The third-order valence-electron chi connectivity index (χ3n) is 14.6. The van der Waals surface area contributed by atoms with Gasteiger partial charge in [-0.25, -0.2) is 4.98 Å². The highest BCUT2D eigenvalue weighted by Crippen LogP contribution is 2.42. The molecule has 73 heavy (non-hydrogen) atoms. The highest BCUT2D eigenvalue weighted by atomic mass is 28.3. The lowest BCUT2D eigenvalue weighted by molar-refractivity contribution is 0.572. The molecule has 12 aromatic rings. The molecular weight excluding hydrogens is 905 g/mol. The fraction of sp³-hybridized carbons (Fsp3) is 0.121. The van der Waals surface area contributed by atoms with Crippen molar-refractivity contribution in [3.63, 3.8) is 0 Å². The Balaban J connectivity index is 1.12. The summed E-state index contributed by atoms with van der Waals surface area (Å²) < 4.78 is 4.56. The van der Waals surface area contributed by atoms with Gasteiger partial charge in [0, 0.05) is 38.4 Å². The third kappa shape index (κ3) is 7.65. The maximum atomic E-state index is 10.2. The molecule has 3 aromatic heterocycles. The van der Waals surface area contributed by atoms with E-state index in [1.54, 1.807) is 0 Å². The second-order valence-corrected chi connectivity index (χ2v) is 25.0. The van der Waals surface area contributed by atoms with Crippen molar-refractivity contribution in [2.24, 2.45) is 0 Å². The molecule has 0 radical (unpaired) electrons. The highest BCUT2D eigenvalue weighted by Gasteiger charge is 2.41. The minimum Gasteiger partial charge on any atom is -0.309 e. The lowest BCUT2D eigenvalue weighted by Crippen LogP contribution is -2.74. The molecule has 7 heteroatoms. The van der Waals surface area contributed by atoms with E-state index >= 15 is 0 Å². The summed E-state index contributed by atoms with van der Waals surface area (Å²) in [5.41, 5.74) is 9.78. The van der Waals surface area contributed by atoms with Crippen molar-refractivity contribution in [3.8, 4) is 40.5 Å². The summed E-state index contributed by atoms with van der Waals surface area (Å²) in [4.78, 5) is 16.4. The van der Waals surface area contributed by atoms with E-state index < -0.39 is 8.07 Å². The Morgan fingerprint density at radius 2 is 0.918 bits per heavy atom. The van der Waals surface area contributed by atoms with Crippen LogP contribution < -0.4 is 20.7 Å². The van der Waals surface area contributed by atoms with E-state index in [9.17, 15) is 5.26 Å². The largest absolute Gasteiger partial charge is 0.309 e. The summed E-state index contributed by atoms with van der Waals surface area (Å²) >= 11 is 0. The van der Waals surface area contributed by atoms with Crippen molar-refractivity contribution in [2.45, 2.75) is 52.4 Å². The van der Waals surface area contributed by atoms with Gasteiger partial charge in [-0.15, -0.1) is 0 Å². The molecule has 0 aliphatic carbocycles. The normalized spacial score (nSPS) is 12.2. The molecule has 0 unspecified atom stereocenters. The van der Waals surface area contributed by atoms with Crippen molar-refractivity contribution >= 4 is 72.4 Å². The topological polar surface area (TPSA) is 72.3 Å². The first-order valence-corrected chi connectivity index (χ1v) is 27.1. The Bertz CT molecular complexity index is 3960. The van der Waals surface area contributed by atoms with E-state index in [0.717, 1.165) is 60.4 Å². The number of para-hydroxylation sites is 2. The zero-order valence-electron chi connectivity index (χ0n) is 42.0. The number of fused-ring (bicyclic) bond motifs is 6. The van der Waals surface area contributed by atoms with Gasteiger partial charge in [0.2, 0.25) is 5.95 Å². The van der Waals surface area contributed by atoms with Gasteiger partial charge >= 0.3 is 0 Å². The van der Waals surface area contributed by atoms with Gasteiger partial charge in [-0.1, -0.05) is 211 Å². The second-order valence-electron chi connectivity index (χ2n) is 21.2. The lowest BCUT2D eigenvalue weighted by Gasteiger charge is -2.34. The first-order valence-electron chi connectivity index (χ1n) is 25.1. The van der Waals surface area contributed by atoms with Crippen molar-refractivity contribution < 1.29 is 0 Å². The summed E-state index contributed by atoms with van der Waals surface area (Å²) in [5, 5.41) is 19.7. The standard InChI is InChI=1S/C66H54N6Si/c1-65(2,3)47-41-56-55-38-44(43-67)36-37-60(55)71(61(56)57(42-47)66(4,5)6)48-24-20-22-45(39-48)62-68-63(70-64(69-62)72-58-34-18-16-32-53(58)54-33-17-19-35-59(54)72)46-23-21-31-52(40-46)73(49-25-10-7-11-26-49,50-27-12-8-13-28-50)51-29-14-9-15-30-51/h7-42H,1-6H3. The molecule has 6 nitrogen and oxygen atoms in total. The van der Waals surface area contributed by atoms with E-state index in [1.165, 1.54) is 31.9 Å². The van der Waals surface area contributed by atoms with Crippen LogP contribution in [0.1, 0.15) is 58.2 Å². The molecule has 0 bridgehead atoms. The summed E-state index contributed by atoms with van der Waals surface area (Å²) in [6, 6.07) is 80.8. The fourth-order valence-electron chi connectivity index (χ4n) is 11.1. The molecule has 0 N–H and O–H groups in total. The molecule has 0 amide bonds. The van der Waals surface area contributed by atoms with Crippen molar-refractivity contribution in [2.75, 3.05) is 0 Å². The molecule has 0 fully saturated rings. The van der Waals surface area contributed by atoms with Crippen LogP contribution in [0.15, 0.2) is 218 Å². The Kier molecular flexibility index (Phi) is 10.9. The summed E-state index contributed by atoms with van der Waals surface area (Å²) in [5.74, 6) is 1.68. The molecule has 0 aliphatic rings. The number of rotatable bonds is 8. The van der Waals surface area contributed by atoms with Gasteiger partial charge in [-0.3, -0.25) is 4.57 Å². The Labute approximate surface area is 427 Å². The minimum absolute atomic E-state index is 0.0896. The van der Waals surface area contributed by atoms with Crippen LogP contribution in [0.5, 0.6) is 0 Å². The van der Waals surface area contributed by atoms with Crippen molar-refractivity contribution in [3.05, 3.63) is 235 Å². The summed E-state index contributed by atoms with van der Waals surface area (Å²) in [6.45, 7) is 13.7. The molecule has 0 atom stereocenters. The van der Waals surface area contributed by atoms with Gasteiger partial charge in [0.15, 0.2) is 19.7 Å². The molecule has 352 valence electrons. The Morgan fingerprint density at radius 3 is 1.47 bits per heavy atom. The second kappa shape index (κ2) is 17.6. The molecule has 0 saturated heterocycles. The third-order valence-corrected chi connectivity index (χ3v) is 19.4. The van der Waals surface area contributed by atoms with E-state index in [1.807, 2.05) is 12.1 Å². The van der Waals surface area contributed by atoms with E-state index in [2.05, 4.69) is 263 Å². The predicted molar refractivity (Wildman–Crippen MR) is 305 cm³/mol. The Hall–Kier alpha value is -8.70. The van der Waals surface area contributed by atoms with Gasteiger partial charge in [-0.2, -0.15) is 15.2 Å². The molecule has 0 saturated carbocycles. The number of aromatic nitrogens is 5. The molecule has 12 rings (SSSR count). The van der Waals surface area contributed by atoms with Gasteiger partial charge in [0.05, 0.1) is 33.7 Å². The Morgan fingerprint density at radius 1 is 0.411 bits per heavy atom. The SMILES string of the molecule is CC(C)(C)c1cc(C(C)(C)C)c2c(c1)c1cc(C#N)ccc1n2-c1cccc(-c2nc(-c3cccc([Si](c4ccccc4)(c4ccccc4)c4ccccc4)c3)nc(-n3c4ccccc4c4ccccc43)n2)c1. The van der Waals surface area contributed by atoms with Crippen LogP contribution in [0, 0.1) is 11.3 Å². The zero-order chi connectivity index (χ0) is 50.1. The van der Waals surface area contributed by atoms with Gasteiger partial charge in [0.1, 0.15) is 0 Å².